The van der Waals surface area contributed by atoms with E-state index in [9.17, 15) is 22.8 Å². The van der Waals surface area contributed by atoms with Gasteiger partial charge in [0.2, 0.25) is 0 Å². The van der Waals surface area contributed by atoms with Crippen LogP contribution in [0.15, 0.2) is 23.1 Å². The van der Waals surface area contributed by atoms with Crippen LogP contribution in [0.1, 0.15) is 47.6 Å². The highest BCUT2D eigenvalue weighted by Crippen LogP contribution is 2.31. The second kappa shape index (κ2) is 9.51. The van der Waals surface area contributed by atoms with Crippen LogP contribution in [-0.4, -0.2) is 82.6 Å². The summed E-state index contributed by atoms with van der Waals surface area (Å²) in [5.74, 6) is -0.155. The number of alkyl halides is 3. The van der Waals surface area contributed by atoms with E-state index >= 15 is 0 Å². The van der Waals surface area contributed by atoms with E-state index in [4.69, 9.17) is 4.74 Å². The first kappa shape index (κ1) is 24.8. The topological polar surface area (TPSA) is 83.5 Å². The number of likely N-dealkylation sites (tertiary alicyclic amines) is 1. The van der Waals surface area contributed by atoms with Crippen molar-refractivity contribution in [2.24, 2.45) is 0 Å². The van der Waals surface area contributed by atoms with Gasteiger partial charge >= 0.3 is 6.18 Å². The fraction of sp³-hybridized carbons (Fsp3) is 0.560. The maximum Gasteiger partial charge on any atom is 0.390 e. The molecule has 0 unspecified atom stereocenters. The molecule has 1 amide bonds. The van der Waals surface area contributed by atoms with Gasteiger partial charge in [-0.25, -0.2) is 0 Å². The first-order valence-electron chi connectivity index (χ1n) is 12.3. The van der Waals surface area contributed by atoms with Crippen molar-refractivity contribution >= 4 is 27.7 Å². The average Bonchev–Trinajstić information content (AvgIpc) is 3.51. The Morgan fingerprint density at radius 1 is 1.22 bits per heavy atom. The van der Waals surface area contributed by atoms with Crippen LogP contribution in [0.4, 0.5) is 13.2 Å². The fourth-order valence-electron chi connectivity index (χ4n) is 5.37. The largest absolute Gasteiger partial charge is 0.390 e. The molecular weight excluding hydrogens is 475 g/mol. The van der Waals surface area contributed by atoms with Gasteiger partial charge in [-0.1, -0.05) is 0 Å². The Morgan fingerprint density at radius 2 is 1.97 bits per heavy atom. The van der Waals surface area contributed by atoms with Gasteiger partial charge in [-0.05, 0) is 50.9 Å². The normalized spacial score (nSPS) is 19.7. The predicted molar refractivity (Wildman–Crippen MR) is 129 cm³/mol. The number of fused-ring (bicyclic) bond motifs is 3. The molecule has 4 heterocycles. The van der Waals surface area contributed by atoms with Crippen molar-refractivity contribution in [1.29, 1.82) is 0 Å². The number of carbonyl (C=O) groups is 1. The van der Waals surface area contributed by atoms with Gasteiger partial charge in [0.1, 0.15) is 0 Å². The number of nitrogens with one attached hydrogen (secondary N) is 1. The number of aromatic nitrogens is 3. The molecule has 2 aliphatic heterocycles. The van der Waals surface area contributed by atoms with Crippen LogP contribution in [0, 0.1) is 6.92 Å². The van der Waals surface area contributed by atoms with E-state index in [0.717, 1.165) is 23.8 Å². The summed E-state index contributed by atoms with van der Waals surface area (Å²) in [4.78, 5) is 32.6. The lowest BCUT2D eigenvalue weighted by Gasteiger charge is -2.25. The van der Waals surface area contributed by atoms with Crippen LogP contribution in [-0.2, 0) is 4.74 Å². The molecule has 2 aliphatic rings. The van der Waals surface area contributed by atoms with E-state index in [1.165, 1.54) is 0 Å². The van der Waals surface area contributed by atoms with Gasteiger partial charge in [0.15, 0.2) is 0 Å². The highest BCUT2D eigenvalue weighted by molar-refractivity contribution is 6.07. The highest BCUT2D eigenvalue weighted by Gasteiger charge is 2.33. The molecule has 2 aromatic heterocycles. The maximum atomic E-state index is 13.5. The van der Waals surface area contributed by atoms with Crippen molar-refractivity contribution in [3.8, 4) is 0 Å². The molecule has 8 nitrogen and oxygen atoms in total. The summed E-state index contributed by atoms with van der Waals surface area (Å²) in [5.41, 5.74) is 2.38. The summed E-state index contributed by atoms with van der Waals surface area (Å²) in [6, 6.07) is 3.63. The summed E-state index contributed by atoms with van der Waals surface area (Å²) >= 11 is 0. The highest BCUT2D eigenvalue weighted by atomic mass is 19.4. The number of nitrogens with zero attached hydrogens (tertiary/aromatic N) is 4. The zero-order valence-corrected chi connectivity index (χ0v) is 20.4. The number of carbonyl (C=O) groups excluding carboxylic acids is 1. The third-order valence-electron chi connectivity index (χ3n) is 7.50. The Kier molecular flexibility index (Phi) is 6.54. The molecule has 0 radical (unpaired) electrons. The molecule has 0 spiro atoms. The van der Waals surface area contributed by atoms with Gasteiger partial charge in [0.05, 0.1) is 35.1 Å². The molecule has 194 valence electrons. The Balaban J connectivity index is 1.46. The van der Waals surface area contributed by atoms with Gasteiger partial charge in [0.25, 0.3) is 11.5 Å². The molecule has 0 bridgehead atoms. The number of rotatable bonds is 5. The van der Waals surface area contributed by atoms with Gasteiger partial charge in [0, 0.05) is 49.8 Å². The molecule has 5 rings (SSSR count). The number of amides is 1. The smallest absolute Gasteiger partial charge is 0.381 e. The van der Waals surface area contributed by atoms with Crippen molar-refractivity contribution in [2.45, 2.75) is 50.9 Å². The molecule has 1 aromatic carbocycles. The standard InChI is InChI=1S/C25H30F3N5O3/c1-15-11-21-19(22-20(23(34)30-21)13-29-33(22)16-4-9-36-10-5-16)12-18(15)24(35)32-7-3-17(14-32)31(2)8-6-25(26,27)28/h11-13,16-17H,3-10,14H2,1-2H3,(H,30,34)/t17-/m0/s1. The van der Waals surface area contributed by atoms with E-state index in [1.807, 2.05) is 23.7 Å². The Labute approximate surface area is 206 Å². The molecule has 2 saturated heterocycles. The Morgan fingerprint density at radius 3 is 2.69 bits per heavy atom. The van der Waals surface area contributed by atoms with Crippen LogP contribution < -0.4 is 5.56 Å². The van der Waals surface area contributed by atoms with Crippen LogP contribution in [0.2, 0.25) is 0 Å². The second-order valence-corrected chi connectivity index (χ2v) is 9.90. The number of halogens is 3. The lowest BCUT2D eigenvalue weighted by molar-refractivity contribution is -0.138. The van der Waals surface area contributed by atoms with E-state index in [0.29, 0.717) is 54.7 Å². The summed E-state index contributed by atoms with van der Waals surface area (Å²) in [7, 11) is 1.68. The van der Waals surface area contributed by atoms with E-state index < -0.39 is 12.6 Å². The Bertz CT molecular complexity index is 1340. The van der Waals surface area contributed by atoms with Crippen molar-refractivity contribution in [2.75, 3.05) is 39.9 Å². The number of hydrogen-bond acceptors (Lipinski definition) is 5. The minimum atomic E-state index is -4.20. The molecule has 11 heteroatoms. The molecule has 1 atom stereocenters. The summed E-state index contributed by atoms with van der Waals surface area (Å²) in [6.07, 6.45) is -1.28. The minimum absolute atomic E-state index is 0.0905. The second-order valence-electron chi connectivity index (χ2n) is 9.90. The monoisotopic (exact) mass is 505 g/mol. The number of aromatic amines is 1. The van der Waals surface area contributed by atoms with Crippen molar-refractivity contribution in [3.05, 3.63) is 39.8 Å². The van der Waals surface area contributed by atoms with Crippen LogP contribution >= 0.6 is 0 Å². The number of likely N-dealkylation sites (N-methyl/N-ethyl adjacent to an activating group) is 1. The van der Waals surface area contributed by atoms with Gasteiger partial charge in [-0.2, -0.15) is 18.3 Å². The number of hydrogen-bond donors (Lipinski definition) is 1. The van der Waals surface area contributed by atoms with Gasteiger partial charge < -0.3 is 19.5 Å². The van der Waals surface area contributed by atoms with Crippen molar-refractivity contribution in [1.82, 2.24) is 24.6 Å². The lowest BCUT2D eigenvalue weighted by Crippen LogP contribution is -2.38. The third kappa shape index (κ3) is 4.73. The quantitative estimate of drug-likeness (QED) is 0.573. The fourth-order valence-corrected chi connectivity index (χ4v) is 5.37. The van der Waals surface area contributed by atoms with Gasteiger partial charge in [-0.15, -0.1) is 0 Å². The summed E-state index contributed by atoms with van der Waals surface area (Å²) in [6.45, 7) is 3.86. The molecule has 0 saturated carbocycles. The first-order chi connectivity index (χ1) is 17.1. The predicted octanol–water partition coefficient (Wildman–Crippen LogP) is 3.64. The molecular formula is C25H30F3N5O3. The lowest BCUT2D eigenvalue weighted by atomic mass is 10.0. The minimum Gasteiger partial charge on any atom is -0.381 e. The first-order valence-corrected chi connectivity index (χ1v) is 12.3. The molecule has 2 fully saturated rings. The molecule has 1 N–H and O–H groups in total. The summed E-state index contributed by atoms with van der Waals surface area (Å²) < 4.78 is 45.3. The number of ether oxygens (including phenoxy) is 1. The zero-order valence-electron chi connectivity index (χ0n) is 20.4. The SMILES string of the molecule is Cc1cc2[nH]c(=O)c3cnn(C4CCOCC4)c3c2cc1C(=O)N1CC[C@H](N(C)CCC(F)(F)F)C1. The molecule has 3 aromatic rings. The number of benzene rings is 1. The summed E-state index contributed by atoms with van der Waals surface area (Å²) in [5, 5.41) is 5.75. The number of H-pyrrole nitrogens is 1. The van der Waals surface area contributed by atoms with Crippen molar-refractivity contribution in [3.63, 3.8) is 0 Å². The van der Waals surface area contributed by atoms with Gasteiger partial charge in [-0.3, -0.25) is 14.3 Å². The van der Waals surface area contributed by atoms with Crippen LogP contribution in [0.3, 0.4) is 0 Å². The van der Waals surface area contributed by atoms with Crippen molar-refractivity contribution < 1.29 is 22.7 Å². The van der Waals surface area contributed by atoms with E-state index in [2.05, 4.69) is 10.1 Å². The van der Waals surface area contributed by atoms with E-state index in [-0.39, 0.29) is 30.1 Å². The average molecular weight is 506 g/mol. The maximum absolute atomic E-state index is 13.5. The Hall–Kier alpha value is -2.92. The number of aryl methyl sites for hydroxylation is 1. The van der Waals surface area contributed by atoms with E-state index in [1.54, 1.807) is 23.0 Å². The van der Waals surface area contributed by atoms with Crippen LogP contribution in [0.5, 0.6) is 0 Å². The molecule has 36 heavy (non-hydrogen) atoms. The molecule has 0 aliphatic carbocycles. The zero-order chi connectivity index (χ0) is 25.6. The third-order valence-corrected chi connectivity index (χ3v) is 7.50. The number of pyridine rings is 1. The van der Waals surface area contributed by atoms with Crippen LogP contribution in [0.25, 0.3) is 21.8 Å².